The van der Waals surface area contributed by atoms with Crippen molar-refractivity contribution >= 4 is 29.9 Å². The Hall–Kier alpha value is -2.43. The molecule has 1 aliphatic rings. The van der Waals surface area contributed by atoms with Crippen LogP contribution in [0, 0.1) is 0 Å². The molecule has 4 rings (SSSR count). The van der Waals surface area contributed by atoms with E-state index >= 15 is 0 Å². The van der Waals surface area contributed by atoms with Gasteiger partial charge in [0.25, 0.3) is 0 Å². The van der Waals surface area contributed by atoms with E-state index in [0.29, 0.717) is 6.54 Å². The number of halogens is 1. The Labute approximate surface area is 213 Å². The Bertz CT molecular complexity index is 1020. The van der Waals surface area contributed by atoms with Gasteiger partial charge in [-0.1, -0.05) is 54.6 Å². The second kappa shape index (κ2) is 12.7. The summed E-state index contributed by atoms with van der Waals surface area (Å²) in [5, 5.41) is 3.48. The van der Waals surface area contributed by atoms with Gasteiger partial charge in [0.15, 0.2) is 5.96 Å². The van der Waals surface area contributed by atoms with Crippen LogP contribution in [0.5, 0.6) is 0 Å². The second-order valence-electron chi connectivity index (χ2n) is 8.07. The number of aromatic amines is 1. The van der Waals surface area contributed by atoms with E-state index < -0.39 is 0 Å². The summed E-state index contributed by atoms with van der Waals surface area (Å²) in [6.45, 7) is 5.98. The van der Waals surface area contributed by atoms with Crippen LogP contribution in [0.15, 0.2) is 65.8 Å². The minimum absolute atomic E-state index is 0. The Kier molecular flexibility index (Phi) is 9.71. The molecule has 0 bridgehead atoms. The van der Waals surface area contributed by atoms with Gasteiger partial charge in [-0.25, -0.2) is 4.98 Å². The normalized spacial score (nSPS) is 14.5. The van der Waals surface area contributed by atoms with Crippen LogP contribution in [0.25, 0.3) is 11.3 Å². The van der Waals surface area contributed by atoms with Gasteiger partial charge in [-0.15, -0.1) is 24.0 Å². The minimum Gasteiger partial charge on any atom is -0.379 e. The third-order valence-electron chi connectivity index (χ3n) is 5.63. The zero-order valence-corrected chi connectivity index (χ0v) is 21.7. The minimum atomic E-state index is 0. The highest BCUT2D eigenvalue weighted by Crippen LogP contribution is 2.16. The highest BCUT2D eigenvalue weighted by atomic mass is 127. The average molecular weight is 560 g/mol. The fraction of sp³-hybridized carbons (Fsp3) is 0.360. The van der Waals surface area contributed by atoms with Gasteiger partial charge < -0.3 is 19.9 Å². The van der Waals surface area contributed by atoms with Gasteiger partial charge in [0.05, 0.1) is 31.6 Å². The molecule has 0 aliphatic carbocycles. The molecule has 1 aromatic heterocycles. The summed E-state index contributed by atoms with van der Waals surface area (Å²) in [6, 6.07) is 19.0. The first-order valence-corrected chi connectivity index (χ1v) is 11.1. The molecule has 7 nitrogen and oxygen atoms in total. The van der Waals surface area contributed by atoms with Crippen LogP contribution >= 0.6 is 24.0 Å². The second-order valence-corrected chi connectivity index (χ2v) is 8.07. The number of hydrogen-bond donors (Lipinski definition) is 2. The monoisotopic (exact) mass is 560 g/mol. The maximum atomic E-state index is 5.45. The van der Waals surface area contributed by atoms with Crippen LogP contribution in [0.1, 0.15) is 17.0 Å². The molecule has 176 valence electrons. The Balaban J connectivity index is 0.00000306. The van der Waals surface area contributed by atoms with Crippen molar-refractivity contribution in [1.29, 1.82) is 0 Å². The highest BCUT2D eigenvalue weighted by Gasteiger charge is 2.12. The van der Waals surface area contributed by atoms with E-state index in [2.05, 4.69) is 66.5 Å². The van der Waals surface area contributed by atoms with Gasteiger partial charge in [-0.05, 0) is 16.7 Å². The van der Waals surface area contributed by atoms with Crippen LogP contribution < -0.4 is 5.32 Å². The van der Waals surface area contributed by atoms with Crippen molar-refractivity contribution in [1.82, 2.24) is 25.1 Å². The van der Waals surface area contributed by atoms with Crippen LogP contribution in [0.3, 0.4) is 0 Å². The van der Waals surface area contributed by atoms with Crippen molar-refractivity contribution in [2.45, 2.75) is 19.6 Å². The predicted molar refractivity (Wildman–Crippen MR) is 144 cm³/mol. The Morgan fingerprint density at radius 3 is 2.64 bits per heavy atom. The van der Waals surface area contributed by atoms with E-state index in [9.17, 15) is 0 Å². The Morgan fingerprint density at radius 2 is 1.88 bits per heavy atom. The van der Waals surface area contributed by atoms with Gasteiger partial charge in [-0.2, -0.15) is 0 Å². The molecule has 3 aromatic rings. The van der Waals surface area contributed by atoms with Crippen molar-refractivity contribution in [3.63, 3.8) is 0 Å². The number of rotatable bonds is 7. The topological polar surface area (TPSA) is 68.8 Å². The van der Waals surface area contributed by atoms with E-state index in [1.54, 1.807) is 0 Å². The quantitative estimate of drug-likeness (QED) is 0.262. The number of benzene rings is 2. The van der Waals surface area contributed by atoms with Crippen LogP contribution in [0.4, 0.5) is 0 Å². The first-order chi connectivity index (χ1) is 15.7. The molecule has 2 N–H and O–H groups in total. The lowest BCUT2D eigenvalue weighted by atomic mass is 10.1. The molecule has 0 amide bonds. The highest BCUT2D eigenvalue weighted by molar-refractivity contribution is 14.0. The third-order valence-corrected chi connectivity index (χ3v) is 5.63. The molecule has 0 atom stereocenters. The lowest BCUT2D eigenvalue weighted by Gasteiger charge is -2.26. The molecule has 8 heteroatoms. The number of nitrogens with zero attached hydrogens (tertiary/aromatic N) is 4. The molecular formula is C25H33IN6O. The predicted octanol–water partition coefficient (Wildman–Crippen LogP) is 3.73. The number of nitrogens with one attached hydrogen (secondary N) is 2. The van der Waals surface area contributed by atoms with Gasteiger partial charge in [-0.3, -0.25) is 9.89 Å². The molecule has 1 saturated heterocycles. The number of imidazole rings is 1. The first-order valence-electron chi connectivity index (χ1n) is 11.1. The molecule has 0 spiro atoms. The number of aromatic nitrogens is 2. The van der Waals surface area contributed by atoms with Gasteiger partial charge in [0.1, 0.15) is 5.82 Å². The molecule has 2 aromatic carbocycles. The summed E-state index contributed by atoms with van der Waals surface area (Å²) >= 11 is 0. The van der Waals surface area contributed by atoms with E-state index in [1.165, 1.54) is 11.1 Å². The largest absolute Gasteiger partial charge is 0.379 e. The zero-order valence-electron chi connectivity index (χ0n) is 19.3. The standard InChI is InChI=1S/C25H32N6O.HI/c1-26-25(30(2)19-24-27-17-23(29-24)22-9-4-3-5-10-22)28-16-20-7-6-8-21(15-20)18-31-11-13-32-14-12-31;/h3-10,15,17H,11-14,16,18-19H2,1-2H3,(H,26,28)(H,27,29);1H. The van der Waals surface area contributed by atoms with Crippen molar-refractivity contribution in [3.05, 3.63) is 77.7 Å². The Morgan fingerprint density at radius 1 is 1.12 bits per heavy atom. The van der Waals surface area contributed by atoms with Crippen LogP contribution in [-0.4, -0.2) is 66.1 Å². The molecule has 2 heterocycles. The van der Waals surface area contributed by atoms with Gasteiger partial charge in [0.2, 0.25) is 0 Å². The molecule has 0 unspecified atom stereocenters. The molecule has 0 radical (unpaired) electrons. The third kappa shape index (κ3) is 7.28. The number of ether oxygens (including phenoxy) is 1. The first kappa shape index (κ1) is 25.2. The van der Waals surface area contributed by atoms with Crippen molar-refractivity contribution in [2.24, 2.45) is 4.99 Å². The number of hydrogen-bond acceptors (Lipinski definition) is 4. The lowest BCUT2D eigenvalue weighted by Crippen LogP contribution is -2.38. The van der Waals surface area contributed by atoms with Crippen molar-refractivity contribution < 1.29 is 4.74 Å². The van der Waals surface area contributed by atoms with Gasteiger partial charge in [0, 0.05) is 40.3 Å². The maximum absolute atomic E-state index is 5.45. The van der Waals surface area contributed by atoms with E-state index in [1.807, 2.05) is 38.5 Å². The number of morpholine rings is 1. The summed E-state index contributed by atoms with van der Waals surface area (Å²) in [7, 11) is 3.83. The van der Waals surface area contributed by atoms with Crippen molar-refractivity contribution in [3.8, 4) is 11.3 Å². The van der Waals surface area contributed by atoms with Gasteiger partial charge >= 0.3 is 0 Å². The van der Waals surface area contributed by atoms with Crippen LogP contribution in [0.2, 0.25) is 0 Å². The SMILES string of the molecule is CN=C(NCc1cccc(CN2CCOCC2)c1)N(C)Cc1ncc(-c2ccccc2)[nH]1.I. The maximum Gasteiger partial charge on any atom is 0.194 e. The van der Waals surface area contributed by atoms with Crippen LogP contribution in [-0.2, 0) is 24.4 Å². The molecule has 33 heavy (non-hydrogen) atoms. The lowest BCUT2D eigenvalue weighted by molar-refractivity contribution is 0.0342. The van der Waals surface area contributed by atoms with E-state index in [4.69, 9.17) is 4.74 Å². The molecule has 1 fully saturated rings. The number of H-pyrrole nitrogens is 1. The van der Waals surface area contributed by atoms with Crippen molar-refractivity contribution in [2.75, 3.05) is 40.4 Å². The zero-order chi connectivity index (χ0) is 22.2. The molecular weight excluding hydrogens is 527 g/mol. The summed E-state index contributed by atoms with van der Waals surface area (Å²) in [4.78, 5) is 16.9. The summed E-state index contributed by atoms with van der Waals surface area (Å²) in [5.41, 5.74) is 4.73. The number of guanidine groups is 1. The van der Waals surface area contributed by atoms with E-state index in [-0.39, 0.29) is 24.0 Å². The summed E-state index contributed by atoms with van der Waals surface area (Å²) in [6.07, 6.45) is 1.88. The van der Waals surface area contributed by atoms with E-state index in [0.717, 1.165) is 62.4 Å². The fourth-order valence-electron chi connectivity index (χ4n) is 3.93. The molecule has 0 saturated carbocycles. The fourth-order valence-corrected chi connectivity index (χ4v) is 3.93. The molecule has 1 aliphatic heterocycles. The smallest absolute Gasteiger partial charge is 0.194 e. The number of aliphatic imine (C=N–C) groups is 1. The summed E-state index contributed by atoms with van der Waals surface area (Å²) in [5.74, 6) is 1.74. The summed E-state index contributed by atoms with van der Waals surface area (Å²) < 4.78 is 5.45. The average Bonchev–Trinajstić information content (AvgIpc) is 3.29.